The Morgan fingerprint density at radius 2 is 2.32 bits per heavy atom. The molecule has 1 amide bonds. The zero-order valence-corrected chi connectivity index (χ0v) is 14.9. The molecule has 1 aliphatic heterocycles. The molecule has 1 aromatic rings. The summed E-state index contributed by atoms with van der Waals surface area (Å²) in [5, 5.41) is 8.64. The molecule has 2 fully saturated rings. The highest BCUT2D eigenvalue weighted by Gasteiger charge is 2.41. The van der Waals surface area contributed by atoms with Gasteiger partial charge in [0.05, 0.1) is 0 Å². The smallest absolute Gasteiger partial charge is 0.274 e. The van der Waals surface area contributed by atoms with Crippen LogP contribution in [0.4, 0.5) is 4.39 Å². The largest absolute Gasteiger partial charge is 0.298 e. The van der Waals surface area contributed by atoms with Crippen LogP contribution >= 0.6 is 0 Å². The van der Waals surface area contributed by atoms with E-state index in [9.17, 15) is 9.18 Å². The lowest BCUT2D eigenvalue weighted by atomic mass is 9.68. The molecule has 25 heavy (non-hydrogen) atoms. The Labute approximate surface area is 148 Å². The van der Waals surface area contributed by atoms with E-state index in [1.807, 2.05) is 0 Å². The molecule has 1 aromatic carbocycles. The first-order valence-electron chi connectivity index (χ1n) is 9.03. The maximum atomic E-state index is 14.3. The summed E-state index contributed by atoms with van der Waals surface area (Å²) in [6.07, 6.45) is 5.93. The number of nitrogens with zero attached hydrogens (tertiary/aromatic N) is 1. The van der Waals surface area contributed by atoms with E-state index in [1.54, 1.807) is 12.1 Å². The summed E-state index contributed by atoms with van der Waals surface area (Å²) in [5.41, 5.74) is 3.89. The van der Waals surface area contributed by atoms with Crippen molar-refractivity contribution in [1.82, 2.24) is 10.4 Å². The van der Waals surface area contributed by atoms with E-state index in [2.05, 4.69) is 18.4 Å². The monoisotopic (exact) mass is 346 g/mol. The number of hydrogen-bond donors (Lipinski definition) is 2. The molecule has 0 radical (unpaired) electrons. The Hall–Kier alpha value is -1.72. The number of amides is 1. The van der Waals surface area contributed by atoms with E-state index < -0.39 is 11.7 Å². The molecule has 2 N–H and O–H groups in total. The second kappa shape index (κ2) is 7.26. The molecule has 1 aliphatic carbocycles. The van der Waals surface area contributed by atoms with E-state index in [1.165, 1.54) is 30.0 Å². The number of hydroxylamine groups is 1. The van der Waals surface area contributed by atoms with E-state index >= 15 is 0 Å². The number of halogens is 1. The fourth-order valence-corrected chi connectivity index (χ4v) is 4.42. The van der Waals surface area contributed by atoms with Crippen LogP contribution in [0.3, 0.4) is 0 Å². The molecular weight excluding hydrogens is 319 g/mol. The van der Waals surface area contributed by atoms with Crippen LogP contribution in [0.1, 0.15) is 54.9 Å². The molecule has 0 bridgehead atoms. The Morgan fingerprint density at radius 3 is 3.00 bits per heavy atom. The topological polar surface area (TPSA) is 52.6 Å². The molecule has 1 saturated heterocycles. The van der Waals surface area contributed by atoms with Crippen molar-refractivity contribution in [3.8, 4) is 0 Å². The molecule has 1 heterocycles. The molecule has 1 saturated carbocycles. The van der Waals surface area contributed by atoms with Crippen molar-refractivity contribution < 1.29 is 14.4 Å². The molecule has 2 unspecified atom stereocenters. The molecule has 2 atom stereocenters. The van der Waals surface area contributed by atoms with Gasteiger partial charge in [0.2, 0.25) is 0 Å². The lowest BCUT2D eigenvalue weighted by Gasteiger charge is -2.37. The highest BCUT2D eigenvalue weighted by molar-refractivity contribution is 5.93. The van der Waals surface area contributed by atoms with Gasteiger partial charge in [-0.05, 0) is 62.1 Å². The number of carbonyl (C=O) groups excluding carboxylic acids is 1. The second-order valence-corrected chi connectivity index (χ2v) is 7.91. The SMILES string of the molecule is C=C1CCCC(C2(C)CCN(Cc3ccc(C(=O)NO)cc3F)C2)C1. The van der Waals surface area contributed by atoms with Crippen LogP contribution in [-0.2, 0) is 6.54 Å². The Balaban J connectivity index is 1.65. The van der Waals surface area contributed by atoms with Crippen molar-refractivity contribution in [3.63, 3.8) is 0 Å². The number of benzene rings is 1. The van der Waals surface area contributed by atoms with E-state index in [4.69, 9.17) is 5.21 Å². The highest BCUT2D eigenvalue weighted by atomic mass is 19.1. The summed E-state index contributed by atoms with van der Waals surface area (Å²) in [4.78, 5) is 13.7. The number of rotatable bonds is 4. The third-order valence-electron chi connectivity index (χ3n) is 6.00. The quantitative estimate of drug-likeness (QED) is 0.494. The minimum atomic E-state index is -0.697. The number of nitrogens with one attached hydrogen (secondary N) is 1. The summed E-state index contributed by atoms with van der Waals surface area (Å²) in [5.74, 6) is -0.420. The van der Waals surface area contributed by atoms with Gasteiger partial charge in [-0.1, -0.05) is 25.1 Å². The van der Waals surface area contributed by atoms with Gasteiger partial charge >= 0.3 is 0 Å². The van der Waals surface area contributed by atoms with Gasteiger partial charge in [0.25, 0.3) is 5.91 Å². The van der Waals surface area contributed by atoms with Crippen LogP contribution in [-0.4, -0.2) is 29.1 Å². The molecule has 4 nitrogen and oxygen atoms in total. The zero-order chi connectivity index (χ0) is 18.0. The number of allylic oxidation sites excluding steroid dienone is 1. The minimum Gasteiger partial charge on any atom is -0.298 e. The summed E-state index contributed by atoms with van der Waals surface area (Å²) in [7, 11) is 0. The van der Waals surface area contributed by atoms with Gasteiger partial charge in [-0.25, -0.2) is 9.87 Å². The Morgan fingerprint density at radius 1 is 1.52 bits per heavy atom. The molecule has 5 heteroatoms. The zero-order valence-electron chi connectivity index (χ0n) is 14.9. The van der Waals surface area contributed by atoms with Crippen LogP contribution < -0.4 is 5.48 Å². The molecule has 136 valence electrons. The van der Waals surface area contributed by atoms with Gasteiger partial charge in [0.1, 0.15) is 5.82 Å². The van der Waals surface area contributed by atoms with E-state index in [0.29, 0.717) is 18.0 Å². The van der Waals surface area contributed by atoms with E-state index in [0.717, 1.165) is 32.4 Å². The lowest BCUT2D eigenvalue weighted by Crippen LogP contribution is -2.33. The Kier molecular flexibility index (Phi) is 5.25. The third-order valence-corrected chi connectivity index (χ3v) is 6.00. The van der Waals surface area contributed by atoms with Crippen molar-refractivity contribution >= 4 is 5.91 Å². The van der Waals surface area contributed by atoms with Gasteiger partial charge < -0.3 is 0 Å². The van der Waals surface area contributed by atoms with Gasteiger partial charge in [-0.2, -0.15) is 0 Å². The van der Waals surface area contributed by atoms with Gasteiger partial charge in [0, 0.05) is 24.2 Å². The van der Waals surface area contributed by atoms with Crippen molar-refractivity contribution in [3.05, 3.63) is 47.3 Å². The average molecular weight is 346 g/mol. The Bertz CT molecular complexity index is 676. The van der Waals surface area contributed by atoms with Crippen LogP contribution in [0.25, 0.3) is 0 Å². The third kappa shape index (κ3) is 3.93. The maximum absolute atomic E-state index is 14.3. The molecule has 0 aromatic heterocycles. The van der Waals surface area contributed by atoms with Crippen LogP contribution in [0, 0.1) is 17.2 Å². The van der Waals surface area contributed by atoms with E-state index in [-0.39, 0.29) is 11.0 Å². The number of carbonyl (C=O) groups is 1. The maximum Gasteiger partial charge on any atom is 0.274 e. The highest BCUT2D eigenvalue weighted by Crippen LogP contribution is 2.45. The van der Waals surface area contributed by atoms with Crippen molar-refractivity contribution in [2.24, 2.45) is 11.3 Å². The van der Waals surface area contributed by atoms with Crippen LogP contribution in [0.15, 0.2) is 30.4 Å². The van der Waals surface area contributed by atoms with Crippen LogP contribution in [0.2, 0.25) is 0 Å². The molecule has 0 spiro atoms. The van der Waals surface area contributed by atoms with Gasteiger partial charge in [-0.3, -0.25) is 14.9 Å². The molecular formula is C20H27FN2O2. The average Bonchev–Trinajstić information content (AvgIpc) is 2.98. The normalized spacial score (nSPS) is 27.5. The first-order chi connectivity index (χ1) is 11.9. The van der Waals surface area contributed by atoms with Crippen molar-refractivity contribution in [1.29, 1.82) is 0 Å². The summed E-state index contributed by atoms with van der Waals surface area (Å²) in [6, 6.07) is 4.36. The van der Waals surface area contributed by atoms with Crippen LogP contribution in [0.5, 0.6) is 0 Å². The molecule has 3 rings (SSSR count). The van der Waals surface area contributed by atoms with Crippen molar-refractivity contribution in [2.75, 3.05) is 13.1 Å². The fourth-order valence-electron chi connectivity index (χ4n) is 4.42. The van der Waals surface area contributed by atoms with Gasteiger partial charge in [0.15, 0.2) is 0 Å². The fraction of sp³-hybridized carbons (Fsp3) is 0.550. The summed E-state index contributed by atoms with van der Waals surface area (Å²) < 4.78 is 14.3. The number of hydrogen-bond acceptors (Lipinski definition) is 3. The standard InChI is InChI=1S/C20H27FN2O2/c1-14-4-3-5-17(10-14)20(2)8-9-23(13-20)12-16-7-6-15(11-18(16)21)19(24)22-25/h6-7,11,17,25H,1,3-5,8-10,12-13H2,2H3,(H,22,24). The summed E-state index contributed by atoms with van der Waals surface area (Å²) in [6.45, 7) is 9.04. The predicted molar refractivity (Wildman–Crippen MR) is 94.8 cm³/mol. The minimum absolute atomic E-state index is 0.121. The molecule has 2 aliphatic rings. The predicted octanol–water partition coefficient (Wildman–Crippen LogP) is 3.90. The van der Waals surface area contributed by atoms with Gasteiger partial charge in [-0.15, -0.1) is 0 Å². The summed E-state index contributed by atoms with van der Waals surface area (Å²) >= 11 is 0. The first kappa shape index (κ1) is 18.1. The second-order valence-electron chi connectivity index (χ2n) is 7.91. The number of likely N-dealkylation sites (tertiary alicyclic amines) is 1. The lowest BCUT2D eigenvalue weighted by molar-refractivity contribution is 0.0706. The van der Waals surface area contributed by atoms with Crippen molar-refractivity contribution in [2.45, 2.75) is 45.6 Å². The first-order valence-corrected chi connectivity index (χ1v) is 9.03.